The van der Waals surface area contributed by atoms with Crippen LogP contribution in [0.3, 0.4) is 0 Å². The van der Waals surface area contributed by atoms with E-state index in [4.69, 9.17) is 0 Å². The normalized spacial score (nSPS) is 12.8. The van der Waals surface area contributed by atoms with Gasteiger partial charge in [0, 0.05) is 6.07 Å². The van der Waals surface area contributed by atoms with Gasteiger partial charge < -0.3 is 5.11 Å². The largest absolute Gasteiger partial charge is 0.393 e. The lowest BCUT2D eigenvalue weighted by molar-refractivity contribution is 0.158. The highest BCUT2D eigenvalue weighted by Gasteiger charge is 2.03. The molecular formula is C12H16F2O. The summed E-state index contributed by atoms with van der Waals surface area (Å²) in [6, 6.07) is 3.53. The molecule has 15 heavy (non-hydrogen) atoms. The maximum atomic E-state index is 12.8. The number of halogens is 2. The zero-order chi connectivity index (χ0) is 11.3. The Balaban J connectivity index is 2.43. The second kappa shape index (κ2) is 5.81. The lowest BCUT2D eigenvalue weighted by Gasteiger charge is -2.07. The first-order valence-electron chi connectivity index (χ1n) is 5.25. The fourth-order valence-corrected chi connectivity index (χ4v) is 1.50. The van der Waals surface area contributed by atoms with Crippen molar-refractivity contribution in [1.29, 1.82) is 0 Å². The van der Waals surface area contributed by atoms with E-state index in [1.807, 2.05) is 6.92 Å². The van der Waals surface area contributed by atoms with Crippen LogP contribution >= 0.6 is 0 Å². The molecule has 0 aliphatic rings. The Hall–Kier alpha value is -0.960. The van der Waals surface area contributed by atoms with E-state index in [9.17, 15) is 13.9 Å². The summed E-state index contributed by atoms with van der Waals surface area (Å²) < 4.78 is 25.6. The third-order valence-electron chi connectivity index (χ3n) is 2.40. The minimum absolute atomic E-state index is 0.302. The Kier molecular flexibility index (Phi) is 4.69. The summed E-state index contributed by atoms with van der Waals surface area (Å²) in [5, 5.41) is 9.30. The SMILES string of the molecule is CCC(O)CCCc1cc(F)cc(F)c1. The van der Waals surface area contributed by atoms with Crippen LogP contribution in [0.15, 0.2) is 18.2 Å². The van der Waals surface area contributed by atoms with Gasteiger partial charge in [-0.15, -0.1) is 0 Å². The summed E-state index contributed by atoms with van der Waals surface area (Å²) in [6.45, 7) is 1.91. The van der Waals surface area contributed by atoms with Crippen molar-refractivity contribution in [2.45, 2.75) is 38.7 Å². The number of aliphatic hydroxyl groups excluding tert-OH is 1. The predicted octanol–water partition coefficient (Wildman–Crippen LogP) is 3.06. The Bertz CT molecular complexity index is 292. The molecule has 1 nitrogen and oxygen atoms in total. The Morgan fingerprint density at radius 2 is 1.80 bits per heavy atom. The molecule has 0 aromatic heterocycles. The molecule has 0 spiro atoms. The molecule has 1 unspecified atom stereocenters. The first-order chi connectivity index (χ1) is 7.11. The molecule has 1 aromatic carbocycles. The van der Waals surface area contributed by atoms with Crippen molar-refractivity contribution in [2.75, 3.05) is 0 Å². The monoisotopic (exact) mass is 214 g/mol. The van der Waals surface area contributed by atoms with Gasteiger partial charge in [-0.3, -0.25) is 0 Å². The molecule has 0 aliphatic carbocycles. The zero-order valence-corrected chi connectivity index (χ0v) is 8.84. The number of hydrogen-bond acceptors (Lipinski definition) is 1. The smallest absolute Gasteiger partial charge is 0.126 e. The highest BCUT2D eigenvalue weighted by atomic mass is 19.1. The molecule has 0 heterocycles. The van der Waals surface area contributed by atoms with E-state index >= 15 is 0 Å². The quantitative estimate of drug-likeness (QED) is 0.798. The second-order valence-corrected chi connectivity index (χ2v) is 3.73. The number of aryl methyl sites for hydroxylation is 1. The first-order valence-corrected chi connectivity index (χ1v) is 5.25. The number of benzene rings is 1. The maximum Gasteiger partial charge on any atom is 0.126 e. The lowest BCUT2D eigenvalue weighted by atomic mass is 10.0. The molecule has 84 valence electrons. The summed E-state index contributed by atoms with van der Waals surface area (Å²) >= 11 is 0. The van der Waals surface area contributed by atoms with Crippen LogP contribution in [0, 0.1) is 11.6 Å². The average molecular weight is 214 g/mol. The third kappa shape index (κ3) is 4.38. The number of rotatable bonds is 5. The molecule has 1 atom stereocenters. The fraction of sp³-hybridized carbons (Fsp3) is 0.500. The molecule has 1 aromatic rings. The number of aliphatic hydroxyl groups is 1. The maximum absolute atomic E-state index is 12.8. The summed E-state index contributed by atoms with van der Waals surface area (Å²) in [7, 11) is 0. The molecule has 0 bridgehead atoms. The van der Waals surface area contributed by atoms with Crippen LogP contribution in [0.2, 0.25) is 0 Å². The van der Waals surface area contributed by atoms with Gasteiger partial charge in [0.15, 0.2) is 0 Å². The molecule has 0 fully saturated rings. The van der Waals surface area contributed by atoms with Crippen LogP contribution in [0.25, 0.3) is 0 Å². The van der Waals surface area contributed by atoms with Crippen molar-refractivity contribution in [3.63, 3.8) is 0 Å². The molecule has 0 amide bonds. The highest BCUT2D eigenvalue weighted by Crippen LogP contribution is 2.12. The van der Waals surface area contributed by atoms with E-state index in [1.165, 1.54) is 12.1 Å². The van der Waals surface area contributed by atoms with Crippen LogP contribution < -0.4 is 0 Å². The molecule has 1 rings (SSSR count). The predicted molar refractivity (Wildman–Crippen MR) is 55.6 cm³/mol. The van der Waals surface area contributed by atoms with Crippen molar-refractivity contribution >= 4 is 0 Å². The van der Waals surface area contributed by atoms with Gasteiger partial charge in [0.05, 0.1) is 6.10 Å². The molecule has 0 saturated heterocycles. The Morgan fingerprint density at radius 1 is 1.20 bits per heavy atom. The summed E-state index contributed by atoms with van der Waals surface area (Å²) in [4.78, 5) is 0. The van der Waals surface area contributed by atoms with Gasteiger partial charge in [-0.25, -0.2) is 8.78 Å². The van der Waals surface area contributed by atoms with Crippen LogP contribution in [-0.4, -0.2) is 11.2 Å². The van der Waals surface area contributed by atoms with Crippen LogP contribution in [0.5, 0.6) is 0 Å². The van der Waals surface area contributed by atoms with Crippen molar-refractivity contribution in [3.05, 3.63) is 35.4 Å². The van der Waals surface area contributed by atoms with Gasteiger partial charge in [-0.2, -0.15) is 0 Å². The van der Waals surface area contributed by atoms with Crippen molar-refractivity contribution in [1.82, 2.24) is 0 Å². The van der Waals surface area contributed by atoms with E-state index in [2.05, 4.69) is 0 Å². The summed E-state index contributed by atoms with van der Waals surface area (Å²) in [6.07, 6.45) is 2.44. The van der Waals surface area contributed by atoms with E-state index in [-0.39, 0.29) is 6.10 Å². The minimum Gasteiger partial charge on any atom is -0.393 e. The summed E-state index contributed by atoms with van der Waals surface area (Å²) in [5.41, 5.74) is 0.649. The lowest BCUT2D eigenvalue weighted by Crippen LogP contribution is -2.04. The van der Waals surface area contributed by atoms with Crippen molar-refractivity contribution in [3.8, 4) is 0 Å². The fourth-order valence-electron chi connectivity index (χ4n) is 1.50. The topological polar surface area (TPSA) is 20.2 Å². The van der Waals surface area contributed by atoms with E-state index in [0.29, 0.717) is 18.4 Å². The van der Waals surface area contributed by atoms with Gasteiger partial charge in [0.2, 0.25) is 0 Å². The van der Waals surface area contributed by atoms with Gasteiger partial charge in [-0.05, 0) is 43.4 Å². The molecule has 1 N–H and O–H groups in total. The van der Waals surface area contributed by atoms with Crippen molar-refractivity contribution in [2.24, 2.45) is 0 Å². The summed E-state index contributed by atoms with van der Waals surface area (Å²) in [5.74, 6) is -1.08. The third-order valence-corrected chi connectivity index (χ3v) is 2.40. The van der Waals surface area contributed by atoms with Crippen LogP contribution in [0.1, 0.15) is 31.7 Å². The molecule has 3 heteroatoms. The van der Waals surface area contributed by atoms with Gasteiger partial charge >= 0.3 is 0 Å². The Morgan fingerprint density at radius 3 is 2.33 bits per heavy atom. The molecule has 0 saturated carbocycles. The molecule has 0 aliphatic heterocycles. The van der Waals surface area contributed by atoms with E-state index < -0.39 is 11.6 Å². The number of hydrogen-bond donors (Lipinski definition) is 1. The van der Waals surface area contributed by atoms with E-state index in [1.54, 1.807) is 0 Å². The molecule has 0 radical (unpaired) electrons. The average Bonchev–Trinajstić information content (AvgIpc) is 2.16. The van der Waals surface area contributed by atoms with Crippen LogP contribution in [0.4, 0.5) is 8.78 Å². The van der Waals surface area contributed by atoms with E-state index in [0.717, 1.165) is 18.9 Å². The Labute approximate surface area is 88.7 Å². The standard InChI is InChI=1S/C12H16F2O/c1-2-12(15)5-3-4-9-6-10(13)8-11(14)7-9/h6-8,12,15H,2-5H2,1H3. The highest BCUT2D eigenvalue weighted by molar-refractivity contribution is 5.17. The van der Waals surface area contributed by atoms with Gasteiger partial charge in [-0.1, -0.05) is 6.92 Å². The molecular weight excluding hydrogens is 198 g/mol. The minimum atomic E-state index is -0.541. The first kappa shape index (κ1) is 12.1. The van der Waals surface area contributed by atoms with Crippen molar-refractivity contribution < 1.29 is 13.9 Å². The zero-order valence-electron chi connectivity index (χ0n) is 8.84. The van der Waals surface area contributed by atoms with Crippen LogP contribution in [-0.2, 0) is 6.42 Å². The second-order valence-electron chi connectivity index (χ2n) is 3.73. The van der Waals surface area contributed by atoms with Gasteiger partial charge in [0.1, 0.15) is 11.6 Å². The van der Waals surface area contributed by atoms with Gasteiger partial charge in [0.25, 0.3) is 0 Å².